The van der Waals surface area contributed by atoms with Crippen LogP contribution >= 0.6 is 0 Å². The minimum absolute atomic E-state index is 0.000640. The second-order valence-electron chi connectivity index (χ2n) is 8.20. The van der Waals surface area contributed by atoms with Gasteiger partial charge in [-0.15, -0.1) is 0 Å². The molecule has 1 fully saturated rings. The van der Waals surface area contributed by atoms with Gasteiger partial charge in [-0.25, -0.2) is 0 Å². The highest BCUT2D eigenvalue weighted by Crippen LogP contribution is 2.28. The van der Waals surface area contributed by atoms with Crippen LogP contribution < -0.4 is 18.9 Å². The zero-order valence-corrected chi connectivity index (χ0v) is 19.5. The lowest BCUT2D eigenvalue weighted by molar-refractivity contribution is -0.140. The fourth-order valence-electron chi connectivity index (χ4n) is 3.83. The molecule has 2 aliphatic rings. The first-order valence-electron chi connectivity index (χ1n) is 12.0. The van der Waals surface area contributed by atoms with Crippen molar-refractivity contribution in [1.82, 2.24) is 4.90 Å². The first-order valence-corrected chi connectivity index (χ1v) is 12.0. The summed E-state index contributed by atoms with van der Waals surface area (Å²) in [6.45, 7) is 3.62. The summed E-state index contributed by atoms with van der Waals surface area (Å²) < 4.78 is 35.3. The Morgan fingerprint density at radius 2 is 1.24 bits per heavy atom. The average Bonchev–Trinajstić information content (AvgIpc) is 2.88. The summed E-state index contributed by atoms with van der Waals surface area (Å²) in [6, 6.07) is 14.9. The molecule has 0 radical (unpaired) electrons. The van der Waals surface area contributed by atoms with Gasteiger partial charge in [0.1, 0.15) is 39.1 Å². The second-order valence-corrected chi connectivity index (χ2v) is 8.20. The molecule has 8 nitrogen and oxygen atoms in total. The van der Waals surface area contributed by atoms with Crippen molar-refractivity contribution in [3.8, 4) is 23.0 Å². The van der Waals surface area contributed by atoms with E-state index in [1.54, 1.807) is 0 Å². The molecule has 0 unspecified atom stereocenters. The first-order chi connectivity index (χ1) is 16.8. The van der Waals surface area contributed by atoms with E-state index in [1.807, 2.05) is 53.4 Å². The van der Waals surface area contributed by atoms with Gasteiger partial charge in [-0.3, -0.25) is 4.79 Å². The number of para-hydroxylation sites is 4. The van der Waals surface area contributed by atoms with Crippen LogP contribution in [0.15, 0.2) is 48.5 Å². The Balaban J connectivity index is 1.44. The van der Waals surface area contributed by atoms with Crippen molar-refractivity contribution in [2.45, 2.75) is 25.4 Å². The minimum Gasteiger partial charge on any atom is -0.487 e. The molecule has 0 aromatic heterocycles. The van der Waals surface area contributed by atoms with E-state index in [1.165, 1.54) is 6.42 Å². The lowest BCUT2D eigenvalue weighted by Gasteiger charge is -2.27. The molecule has 0 N–H and O–H groups in total. The molecule has 184 valence electrons. The lowest BCUT2D eigenvalue weighted by atomic mass is 10.1. The number of hydrogen-bond donors (Lipinski definition) is 0. The standard InChI is InChI=1S/C26H33NO7/c28-26(27-12-6-1-7-13-27)20-32-21-18-33-24-10-4-2-8-22(24)30-16-14-29-15-17-31-23-9-3-5-11-25(23)34-19-21/h2-5,8-11,21H,1,6-7,12-20H2. The highest BCUT2D eigenvalue weighted by molar-refractivity contribution is 5.77. The van der Waals surface area contributed by atoms with E-state index >= 15 is 0 Å². The fourth-order valence-corrected chi connectivity index (χ4v) is 3.83. The number of ether oxygens (including phenoxy) is 6. The van der Waals surface area contributed by atoms with Crippen LogP contribution in [0.2, 0.25) is 0 Å². The summed E-state index contributed by atoms with van der Waals surface area (Å²) in [6.07, 6.45) is 2.79. The number of carbonyl (C=O) groups excluding carboxylic acids is 1. The third kappa shape index (κ3) is 7.27. The molecule has 2 aromatic rings. The molecule has 2 aromatic carbocycles. The molecule has 8 heteroatoms. The zero-order valence-electron chi connectivity index (χ0n) is 19.5. The van der Waals surface area contributed by atoms with Gasteiger partial charge in [0.15, 0.2) is 23.0 Å². The van der Waals surface area contributed by atoms with E-state index in [0.29, 0.717) is 49.4 Å². The van der Waals surface area contributed by atoms with Crippen molar-refractivity contribution < 1.29 is 33.2 Å². The molecule has 2 aliphatic heterocycles. The average molecular weight is 472 g/mol. The van der Waals surface area contributed by atoms with Crippen molar-refractivity contribution in [2.75, 3.05) is 59.3 Å². The largest absolute Gasteiger partial charge is 0.487 e. The van der Waals surface area contributed by atoms with Gasteiger partial charge >= 0.3 is 0 Å². The van der Waals surface area contributed by atoms with E-state index in [9.17, 15) is 4.79 Å². The van der Waals surface area contributed by atoms with Crippen molar-refractivity contribution in [2.24, 2.45) is 0 Å². The number of carbonyl (C=O) groups is 1. The number of benzene rings is 2. The summed E-state index contributed by atoms with van der Waals surface area (Å²) in [4.78, 5) is 14.5. The molecular formula is C26H33NO7. The molecule has 0 saturated carbocycles. The highest BCUT2D eigenvalue weighted by Gasteiger charge is 2.21. The third-order valence-electron chi connectivity index (χ3n) is 5.67. The minimum atomic E-state index is -0.467. The molecule has 1 amide bonds. The van der Waals surface area contributed by atoms with Crippen LogP contribution in [-0.4, -0.2) is 76.2 Å². The summed E-state index contributed by atoms with van der Waals surface area (Å²) in [5, 5.41) is 0. The Labute approximate surface area is 200 Å². The molecule has 4 rings (SSSR count). The van der Waals surface area contributed by atoms with Gasteiger partial charge in [-0.1, -0.05) is 24.3 Å². The first kappa shape index (κ1) is 24.2. The summed E-state index contributed by atoms with van der Waals surface area (Å²) >= 11 is 0. The monoisotopic (exact) mass is 471 g/mol. The Hall–Kier alpha value is -2.97. The number of likely N-dealkylation sites (tertiary alicyclic amines) is 1. The van der Waals surface area contributed by atoms with Gasteiger partial charge in [0, 0.05) is 13.1 Å². The van der Waals surface area contributed by atoms with Crippen LogP contribution in [0.4, 0.5) is 0 Å². The number of fused-ring (bicyclic) bond motifs is 2. The molecule has 1 saturated heterocycles. The van der Waals surface area contributed by atoms with E-state index in [2.05, 4.69) is 0 Å². The van der Waals surface area contributed by atoms with Crippen LogP contribution in [0.5, 0.6) is 23.0 Å². The van der Waals surface area contributed by atoms with Crippen LogP contribution in [0.25, 0.3) is 0 Å². The second kappa shape index (κ2) is 13.1. The van der Waals surface area contributed by atoms with Gasteiger partial charge in [0.25, 0.3) is 0 Å². The number of rotatable bonds is 3. The Morgan fingerprint density at radius 1 is 0.735 bits per heavy atom. The van der Waals surface area contributed by atoms with Crippen molar-refractivity contribution >= 4 is 5.91 Å². The van der Waals surface area contributed by atoms with Gasteiger partial charge in [0.2, 0.25) is 5.91 Å². The predicted molar refractivity (Wildman–Crippen MR) is 126 cm³/mol. The number of nitrogens with zero attached hydrogens (tertiary/aromatic N) is 1. The van der Waals surface area contributed by atoms with E-state index in [0.717, 1.165) is 25.9 Å². The van der Waals surface area contributed by atoms with Gasteiger partial charge < -0.3 is 33.3 Å². The predicted octanol–water partition coefficient (Wildman–Crippen LogP) is 3.33. The molecule has 0 bridgehead atoms. The Kier molecular flexibility index (Phi) is 9.28. The highest BCUT2D eigenvalue weighted by atomic mass is 16.6. The molecular weight excluding hydrogens is 438 g/mol. The van der Waals surface area contributed by atoms with Crippen LogP contribution in [0, 0.1) is 0 Å². The van der Waals surface area contributed by atoms with Crippen molar-refractivity contribution in [1.29, 1.82) is 0 Å². The molecule has 2 heterocycles. The normalized spacial score (nSPS) is 18.3. The summed E-state index contributed by atoms with van der Waals surface area (Å²) in [5.74, 6) is 2.47. The van der Waals surface area contributed by atoms with Crippen LogP contribution in [0.3, 0.4) is 0 Å². The SMILES string of the molecule is O=C(COC1COc2ccccc2OCCOCCOc2ccccc2OC1)N1CCCCC1. The van der Waals surface area contributed by atoms with Crippen LogP contribution in [-0.2, 0) is 14.3 Å². The maximum Gasteiger partial charge on any atom is 0.248 e. The smallest absolute Gasteiger partial charge is 0.248 e. The molecule has 0 atom stereocenters. The summed E-state index contributed by atoms with van der Waals surface area (Å²) in [7, 11) is 0. The Morgan fingerprint density at radius 3 is 1.76 bits per heavy atom. The number of amides is 1. The van der Waals surface area contributed by atoms with E-state index in [4.69, 9.17) is 28.4 Å². The molecule has 0 aliphatic carbocycles. The maximum absolute atomic E-state index is 12.6. The summed E-state index contributed by atoms with van der Waals surface area (Å²) in [5.41, 5.74) is 0. The van der Waals surface area contributed by atoms with E-state index in [-0.39, 0.29) is 25.7 Å². The maximum atomic E-state index is 12.6. The van der Waals surface area contributed by atoms with Crippen molar-refractivity contribution in [3.05, 3.63) is 48.5 Å². The van der Waals surface area contributed by atoms with Gasteiger partial charge in [0.05, 0.1) is 13.2 Å². The third-order valence-corrected chi connectivity index (χ3v) is 5.67. The number of hydrogen-bond acceptors (Lipinski definition) is 7. The van der Waals surface area contributed by atoms with Gasteiger partial charge in [-0.05, 0) is 43.5 Å². The zero-order chi connectivity index (χ0) is 23.4. The van der Waals surface area contributed by atoms with Crippen molar-refractivity contribution in [3.63, 3.8) is 0 Å². The lowest BCUT2D eigenvalue weighted by Crippen LogP contribution is -2.40. The fraction of sp³-hybridized carbons (Fsp3) is 0.500. The van der Waals surface area contributed by atoms with Crippen LogP contribution in [0.1, 0.15) is 19.3 Å². The number of piperidine rings is 1. The quantitative estimate of drug-likeness (QED) is 0.680. The van der Waals surface area contributed by atoms with E-state index < -0.39 is 6.10 Å². The molecule has 0 spiro atoms. The molecule has 34 heavy (non-hydrogen) atoms. The van der Waals surface area contributed by atoms with Gasteiger partial charge in [-0.2, -0.15) is 0 Å². The topological polar surface area (TPSA) is 75.7 Å². The Bertz CT molecular complexity index is 845.